The highest BCUT2D eigenvalue weighted by molar-refractivity contribution is 6.06. The lowest BCUT2D eigenvalue weighted by molar-refractivity contribution is 0.101. The summed E-state index contributed by atoms with van der Waals surface area (Å²) >= 11 is 0. The van der Waals surface area contributed by atoms with Gasteiger partial charge in [-0.05, 0) is 18.6 Å². The Morgan fingerprint density at radius 3 is 3.10 bits per heavy atom. The van der Waals surface area contributed by atoms with E-state index < -0.39 is 0 Å². The predicted molar refractivity (Wildman–Crippen MR) is 78.0 cm³/mol. The average Bonchev–Trinajstić information content (AvgIpc) is 2.94. The number of nitrogens with one attached hydrogen (secondary N) is 2. The number of amides is 1. The number of hydrogen-bond acceptors (Lipinski definition) is 4. The van der Waals surface area contributed by atoms with Gasteiger partial charge in [0.1, 0.15) is 13.2 Å². The molecule has 0 unspecified atom stereocenters. The largest absolute Gasteiger partial charge is 0.486 e. The molecule has 110 valence electrons. The molecule has 0 bridgehead atoms. The van der Waals surface area contributed by atoms with Crippen molar-refractivity contribution in [3.8, 4) is 11.5 Å². The first-order chi connectivity index (χ1) is 10.3. The molecule has 21 heavy (non-hydrogen) atoms. The Bertz CT molecular complexity index is 651. The number of aryl methyl sites for hydroxylation is 1. The number of carbonyl (C=O) groups is 1. The lowest BCUT2D eigenvalue weighted by atomic mass is 10.1. The predicted octanol–water partition coefficient (Wildman–Crippen LogP) is 2.39. The quantitative estimate of drug-likeness (QED) is 0.905. The zero-order chi connectivity index (χ0) is 14.7. The Morgan fingerprint density at radius 1 is 1.38 bits per heavy atom. The van der Waals surface area contributed by atoms with E-state index in [2.05, 4.69) is 22.4 Å². The van der Waals surface area contributed by atoms with E-state index in [1.54, 1.807) is 18.2 Å². The summed E-state index contributed by atoms with van der Waals surface area (Å²) in [6.07, 6.45) is 1.92. The molecular formula is C15H17N3O3. The molecule has 0 saturated carbocycles. The first-order valence-corrected chi connectivity index (χ1v) is 7.02. The summed E-state index contributed by atoms with van der Waals surface area (Å²) in [7, 11) is 0. The molecule has 0 aliphatic carbocycles. The molecular weight excluding hydrogens is 270 g/mol. The van der Waals surface area contributed by atoms with Crippen molar-refractivity contribution in [3.63, 3.8) is 0 Å². The number of anilines is 1. The van der Waals surface area contributed by atoms with Gasteiger partial charge >= 0.3 is 0 Å². The third-order valence-electron chi connectivity index (χ3n) is 3.20. The highest BCUT2D eigenvalue weighted by atomic mass is 16.6. The smallest absolute Gasteiger partial charge is 0.260 e. The number of ether oxygens (including phenoxy) is 2. The van der Waals surface area contributed by atoms with Crippen LogP contribution in [0.1, 0.15) is 29.4 Å². The van der Waals surface area contributed by atoms with Gasteiger partial charge in [-0.2, -0.15) is 5.10 Å². The summed E-state index contributed by atoms with van der Waals surface area (Å²) in [5.41, 5.74) is 1.45. The van der Waals surface area contributed by atoms with Crippen LogP contribution < -0.4 is 14.8 Å². The van der Waals surface area contributed by atoms with Crippen molar-refractivity contribution >= 4 is 11.7 Å². The van der Waals surface area contributed by atoms with Crippen molar-refractivity contribution in [2.24, 2.45) is 0 Å². The molecule has 0 atom stereocenters. The Labute approximate surface area is 122 Å². The van der Waals surface area contributed by atoms with Gasteiger partial charge in [0, 0.05) is 11.8 Å². The summed E-state index contributed by atoms with van der Waals surface area (Å²) in [4.78, 5) is 12.4. The van der Waals surface area contributed by atoms with Gasteiger partial charge in [0.25, 0.3) is 5.91 Å². The number of aromatic amines is 1. The molecule has 2 N–H and O–H groups in total. The van der Waals surface area contributed by atoms with Crippen molar-refractivity contribution in [2.45, 2.75) is 19.8 Å². The Hall–Kier alpha value is -2.50. The molecule has 2 heterocycles. The van der Waals surface area contributed by atoms with Crippen molar-refractivity contribution in [3.05, 3.63) is 35.5 Å². The summed E-state index contributed by atoms with van der Waals surface area (Å²) < 4.78 is 11.0. The number of hydrogen-bond donors (Lipinski definition) is 2. The minimum absolute atomic E-state index is 0.258. The van der Waals surface area contributed by atoms with Gasteiger partial charge in [-0.15, -0.1) is 0 Å². The van der Waals surface area contributed by atoms with E-state index in [0.29, 0.717) is 36.1 Å². The second kappa shape index (κ2) is 5.87. The maximum Gasteiger partial charge on any atom is 0.260 e. The first kappa shape index (κ1) is 13.5. The molecule has 6 heteroatoms. The number of nitrogens with zero attached hydrogens (tertiary/aromatic N) is 1. The zero-order valence-electron chi connectivity index (χ0n) is 11.8. The molecule has 1 amide bonds. The lowest BCUT2D eigenvalue weighted by Crippen LogP contribution is -2.20. The van der Waals surface area contributed by atoms with Crippen LogP contribution in [0.15, 0.2) is 24.3 Å². The molecule has 6 nitrogen and oxygen atoms in total. The summed E-state index contributed by atoms with van der Waals surface area (Å²) in [5, 5.41) is 9.76. The molecule has 1 aromatic heterocycles. The molecule has 1 aromatic carbocycles. The highest BCUT2D eigenvalue weighted by Gasteiger charge is 2.20. The number of benzene rings is 1. The van der Waals surface area contributed by atoms with E-state index in [0.717, 1.165) is 18.5 Å². The summed E-state index contributed by atoms with van der Waals surface area (Å²) in [6, 6.07) is 7.12. The molecule has 0 radical (unpaired) electrons. The third kappa shape index (κ3) is 2.84. The number of aromatic nitrogens is 2. The zero-order valence-corrected chi connectivity index (χ0v) is 11.8. The van der Waals surface area contributed by atoms with Crippen LogP contribution in [0.3, 0.4) is 0 Å². The monoisotopic (exact) mass is 287 g/mol. The van der Waals surface area contributed by atoms with E-state index in [1.165, 1.54) is 0 Å². The van der Waals surface area contributed by atoms with Crippen molar-refractivity contribution < 1.29 is 14.3 Å². The fraction of sp³-hybridized carbons (Fsp3) is 0.333. The van der Waals surface area contributed by atoms with E-state index in [9.17, 15) is 4.79 Å². The molecule has 3 rings (SSSR count). The van der Waals surface area contributed by atoms with Crippen LogP contribution in [0, 0.1) is 0 Å². The summed E-state index contributed by atoms with van der Waals surface area (Å²) in [6.45, 7) is 3.03. The number of H-pyrrole nitrogens is 1. The van der Waals surface area contributed by atoms with E-state index in [4.69, 9.17) is 9.47 Å². The second-order valence-corrected chi connectivity index (χ2v) is 4.81. The molecule has 0 spiro atoms. The molecule has 0 fully saturated rings. The van der Waals surface area contributed by atoms with Crippen molar-refractivity contribution in [2.75, 3.05) is 18.5 Å². The van der Waals surface area contributed by atoms with Gasteiger partial charge in [0.2, 0.25) is 0 Å². The van der Waals surface area contributed by atoms with Gasteiger partial charge in [-0.1, -0.05) is 19.4 Å². The van der Waals surface area contributed by atoms with Gasteiger partial charge in [-0.25, -0.2) is 0 Å². The minimum atomic E-state index is -0.258. The molecule has 0 saturated heterocycles. The highest BCUT2D eigenvalue weighted by Crippen LogP contribution is 2.33. The van der Waals surface area contributed by atoms with E-state index >= 15 is 0 Å². The number of fused-ring (bicyclic) bond motifs is 1. The third-order valence-corrected chi connectivity index (χ3v) is 3.20. The number of rotatable bonds is 4. The maximum atomic E-state index is 12.4. The Morgan fingerprint density at radius 2 is 2.24 bits per heavy atom. The van der Waals surface area contributed by atoms with Crippen LogP contribution in [0.2, 0.25) is 0 Å². The van der Waals surface area contributed by atoms with Crippen molar-refractivity contribution in [1.82, 2.24) is 10.2 Å². The SMILES string of the molecule is CCCc1cc(NC(=O)c2cccc3c2OCCO3)n[nH]1. The normalized spacial score (nSPS) is 13.0. The number of para-hydroxylation sites is 1. The first-order valence-electron chi connectivity index (χ1n) is 7.02. The van der Waals surface area contributed by atoms with Gasteiger partial charge in [-0.3, -0.25) is 9.89 Å². The second-order valence-electron chi connectivity index (χ2n) is 4.81. The lowest BCUT2D eigenvalue weighted by Gasteiger charge is -2.20. The fourth-order valence-corrected chi connectivity index (χ4v) is 2.26. The standard InChI is InChI=1S/C15H17N3O3/c1-2-4-10-9-13(18-17-10)16-15(19)11-5-3-6-12-14(11)21-8-7-20-12/h3,5-6,9H,2,4,7-8H2,1H3,(H2,16,17,18,19). The maximum absolute atomic E-state index is 12.4. The topological polar surface area (TPSA) is 76.2 Å². The van der Waals surface area contributed by atoms with Crippen molar-refractivity contribution in [1.29, 1.82) is 0 Å². The van der Waals surface area contributed by atoms with Crippen LogP contribution in [-0.4, -0.2) is 29.3 Å². The molecule has 2 aromatic rings. The average molecular weight is 287 g/mol. The minimum Gasteiger partial charge on any atom is -0.486 e. The molecule has 1 aliphatic rings. The van der Waals surface area contributed by atoms with Crippen LogP contribution >= 0.6 is 0 Å². The Kier molecular flexibility index (Phi) is 3.77. The van der Waals surface area contributed by atoms with Gasteiger partial charge in [0.15, 0.2) is 17.3 Å². The van der Waals surface area contributed by atoms with E-state index in [-0.39, 0.29) is 5.91 Å². The van der Waals surface area contributed by atoms with Gasteiger partial charge in [0.05, 0.1) is 5.56 Å². The van der Waals surface area contributed by atoms with Gasteiger partial charge < -0.3 is 14.8 Å². The van der Waals surface area contributed by atoms with Crippen LogP contribution in [0.4, 0.5) is 5.82 Å². The Balaban J connectivity index is 1.79. The number of carbonyl (C=O) groups excluding carboxylic acids is 1. The van der Waals surface area contributed by atoms with Crippen LogP contribution in [0.25, 0.3) is 0 Å². The molecule has 1 aliphatic heterocycles. The summed E-state index contributed by atoms with van der Waals surface area (Å²) in [5.74, 6) is 1.35. The van der Waals surface area contributed by atoms with E-state index in [1.807, 2.05) is 6.07 Å². The van der Waals surface area contributed by atoms with Crippen LogP contribution in [0.5, 0.6) is 11.5 Å². The fourth-order valence-electron chi connectivity index (χ4n) is 2.26. The van der Waals surface area contributed by atoms with Crippen LogP contribution in [-0.2, 0) is 6.42 Å².